The van der Waals surface area contributed by atoms with E-state index in [-0.39, 0.29) is 12.6 Å². The fraction of sp³-hybridized carbons (Fsp3) is 0.611. The summed E-state index contributed by atoms with van der Waals surface area (Å²) < 4.78 is 0. The highest BCUT2D eigenvalue weighted by Crippen LogP contribution is 2.21. The van der Waals surface area contributed by atoms with Crippen LogP contribution < -0.4 is 0 Å². The normalized spacial score (nSPS) is 19.7. The smallest absolute Gasteiger partial charge is 0.317 e. The molecule has 1 aromatic rings. The molecular formula is C18H28N2O2. The minimum atomic E-state index is -0.737. The standard InChI is InChI=1S/C18H28N2O2/c1-15(2)20(14-18(21)22)13-17-10-6-7-11-19(17)12-16-8-4-3-5-9-16/h3-5,8-9,15,17H,6-7,10-14H2,1-2H3,(H,21,22)/t17-/m1/s1. The molecular weight excluding hydrogens is 276 g/mol. The van der Waals surface area contributed by atoms with Crippen LogP contribution in [-0.2, 0) is 11.3 Å². The minimum Gasteiger partial charge on any atom is -0.480 e. The first-order chi connectivity index (χ1) is 10.6. The predicted octanol–water partition coefficient (Wildman–Crippen LogP) is 2.84. The van der Waals surface area contributed by atoms with Gasteiger partial charge in [0.15, 0.2) is 0 Å². The van der Waals surface area contributed by atoms with Crippen LogP contribution in [-0.4, -0.2) is 52.6 Å². The predicted molar refractivity (Wildman–Crippen MR) is 88.8 cm³/mol. The van der Waals surface area contributed by atoms with E-state index >= 15 is 0 Å². The van der Waals surface area contributed by atoms with Crippen LogP contribution in [0.15, 0.2) is 30.3 Å². The summed E-state index contributed by atoms with van der Waals surface area (Å²) in [6, 6.07) is 11.3. The molecule has 4 nitrogen and oxygen atoms in total. The van der Waals surface area contributed by atoms with E-state index in [9.17, 15) is 4.79 Å². The van der Waals surface area contributed by atoms with E-state index in [4.69, 9.17) is 5.11 Å². The zero-order valence-electron chi connectivity index (χ0n) is 13.7. The maximum absolute atomic E-state index is 11.1. The van der Waals surface area contributed by atoms with Gasteiger partial charge in [-0.25, -0.2) is 0 Å². The van der Waals surface area contributed by atoms with Gasteiger partial charge < -0.3 is 5.11 Å². The van der Waals surface area contributed by atoms with E-state index < -0.39 is 5.97 Å². The van der Waals surface area contributed by atoms with E-state index in [1.807, 2.05) is 6.07 Å². The molecule has 1 aliphatic heterocycles. The monoisotopic (exact) mass is 304 g/mol. The van der Waals surface area contributed by atoms with E-state index in [0.717, 1.165) is 26.1 Å². The van der Waals surface area contributed by atoms with E-state index in [0.29, 0.717) is 6.04 Å². The van der Waals surface area contributed by atoms with Crippen LogP contribution in [0, 0.1) is 0 Å². The number of carboxylic acids is 1. The fourth-order valence-corrected chi connectivity index (χ4v) is 3.20. The molecule has 1 atom stereocenters. The molecule has 4 heteroatoms. The Morgan fingerprint density at radius 3 is 2.68 bits per heavy atom. The molecule has 1 aromatic carbocycles. The highest BCUT2D eigenvalue weighted by Gasteiger charge is 2.26. The highest BCUT2D eigenvalue weighted by atomic mass is 16.4. The fourth-order valence-electron chi connectivity index (χ4n) is 3.20. The summed E-state index contributed by atoms with van der Waals surface area (Å²) in [5.74, 6) is -0.737. The molecule has 1 fully saturated rings. The van der Waals surface area contributed by atoms with Crippen molar-refractivity contribution in [1.29, 1.82) is 0 Å². The van der Waals surface area contributed by atoms with Crippen molar-refractivity contribution < 1.29 is 9.90 Å². The van der Waals surface area contributed by atoms with Crippen molar-refractivity contribution in [3.05, 3.63) is 35.9 Å². The number of benzene rings is 1. The molecule has 122 valence electrons. The second kappa shape index (κ2) is 8.30. The number of piperidine rings is 1. The lowest BCUT2D eigenvalue weighted by molar-refractivity contribution is -0.139. The van der Waals surface area contributed by atoms with Crippen molar-refractivity contribution in [3.63, 3.8) is 0 Å². The summed E-state index contributed by atoms with van der Waals surface area (Å²) in [7, 11) is 0. The van der Waals surface area contributed by atoms with Crippen molar-refractivity contribution in [2.75, 3.05) is 19.6 Å². The molecule has 2 rings (SSSR count). The van der Waals surface area contributed by atoms with Crippen LogP contribution in [0.3, 0.4) is 0 Å². The number of likely N-dealkylation sites (tertiary alicyclic amines) is 1. The van der Waals surface area contributed by atoms with Gasteiger partial charge in [0.25, 0.3) is 0 Å². The zero-order valence-corrected chi connectivity index (χ0v) is 13.7. The van der Waals surface area contributed by atoms with Crippen LogP contribution in [0.5, 0.6) is 0 Å². The first kappa shape index (κ1) is 17.0. The van der Waals surface area contributed by atoms with Gasteiger partial charge in [-0.3, -0.25) is 14.6 Å². The SMILES string of the molecule is CC(C)N(CC(=O)O)C[C@H]1CCCCN1Cc1ccccc1. The zero-order chi connectivity index (χ0) is 15.9. The molecule has 1 aliphatic rings. The van der Waals surface area contributed by atoms with Gasteiger partial charge in [0.05, 0.1) is 6.54 Å². The summed E-state index contributed by atoms with van der Waals surface area (Å²) in [6.07, 6.45) is 3.65. The Hall–Kier alpha value is -1.39. The molecule has 0 bridgehead atoms. The number of carbonyl (C=O) groups is 1. The molecule has 0 spiro atoms. The summed E-state index contributed by atoms with van der Waals surface area (Å²) in [5, 5.41) is 9.11. The van der Waals surface area contributed by atoms with E-state index in [2.05, 4.69) is 47.9 Å². The van der Waals surface area contributed by atoms with Crippen molar-refractivity contribution in [3.8, 4) is 0 Å². The Morgan fingerprint density at radius 1 is 1.32 bits per heavy atom. The third-order valence-corrected chi connectivity index (χ3v) is 4.49. The summed E-state index contributed by atoms with van der Waals surface area (Å²) in [4.78, 5) is 15.7. The lowest BCUT2D eigenvalue weighted by atomic mass is 10.00. The van der Waals surface area contributed by atoms with Crippen LogP contribution in [0.1, 0.15) is 38.7 Å². The topological polar surface area (TPSA) is 43.8 Å². The lowest BCUT2D eigenvalue weighted by Gasteiger charge is -2.39. The summed E-state index contributed by atoms with van der Waals surface area (Å²) in [6.45, 7) is 7.20. The molecule has 1 heterocycles. The third-order valence-electron chi connectivity index (χ3n) is 4.49. The van der Waals surface area contributed by atoms with Gasteiger partial charge in [-0.15, -0.1) is 0 Å². The average molecular weight is 304 g/mol. The van der Waals surface area contributed by atoms with Gasteiger partial charge in [0.1, 0.15) is 0 Å². The second-order valence-corrected chi connectivity index (χ2v) is 6.52. The van der Waals surface area contributed by atoms with Crippen molar-refractivity contribution in [2.45, 2.75) is 51.7 Å². The Balaban J connectivity index is 2.00. The highest BCUT2D eigenvalue weighted by molar-refractivity contribution is 5.69. The molecule has 1 saturated heterocycles. The van der Waals surface area contributed by atoms with Gasteiger partial charge in [0.2, 0.25) is 0 Å². The minimum absolute atomic E-state index is 0.132. The molecule has 0 saturated carbocycles. The number of rotatable bonds is 7. The third kappa shape index (κ3) is 5.11. The molecule has 22 heavy (non-hydrogen) atoms. The quantitative estimate of drug-likeness (QED) is 0.841. The van der Waals surface area contributed by atoms with E-state index in [1.165, 1.54) is 18.4 Å². The van der Waals surface area contributed by atoms with Crippen molar-refractivity contribution in [1.82, 2.24) is 9.80 Å². The van der Waals surface area contributed by atoms with Gasteiger partial charge in [-0.1, -0.05) is 36.8 Å². The molecule has 1 N–H and O–H groups in total. The number of nitrogens with zero attached hydrogens (tertiary/aromatic N) is 2. The first-order valence-electron chi connectivity index (χ1n) is 8.30. The molecule has 0 unspecified atom stereocenters. The van der Waals surface area contributed by atoms with Gasteiger partial charge in [-0.2, -0.15) is 0 Å². The lowest BCUT2D eigenvalue weighted by Crippen LogP contribution is -2.49. The van der Waals surface area contributed by atoms with Gasteiger partial charge >= 0.3 is 5.97 Å². The first-order valence-corrected chi connectivity index (χ1v) is 8.30. The van der Waals surface area contributed by atoms with E-state index in [1.54, 1.807) is 0 Å². The number of hydrogen-bond donors (Lipinski definition) is 1. The maximum Gasteiger partial charge on any atom is 0.317 e. The molecule has 0 radical (unpaired) electrons. The Bertz CT molecular complexity index is 461. The number of carboxylic acid groups (broad SMARTS) is 1. The Morgan fingerprint density at radius 2 is 2.05 bits per heavy atom. The molecule has 0 aromatic heterocycles. The van der Waals surface area contributed by atoms with Crippen molar-refractivity contribution in [2.24, 2.45) is 0 Å². The number of hydrogen-bond acceptors (Lipinski definition) is 3. The largest absolute Gasteiger partial charge is 0.480 e. The number of aliphatic carboxylic acids is 1. The van der Waals surface area contributed by atoms with Gasteiger partial charge in [-0.05, 0) is 38.8 Å². The molecule has 0 aliphatic carbocycles. The van der Waals surface area contributed by atoms with Crippen LogP contribution in [0.4, 0.5) is 0 Å². The Labute approximate surface area is 133 Å². The molecule has 0 amide bonds. The summed E-state index contributed by atoms with van der Waals surface area (Å²) in [5.41, 5.74) is 1.34. The van der Waals surface area contributed by atoms with Crippen LogP contribution in [0.25, 0.3) is 0 Å². The second-order valence-electron chi connectivity index (χ2n) is 6.52. The Kier molecular flexibility index (Phi) is 6.40. The summed E-state index contributed by atoms with van der Waals surface area (Å²) >= 11 is 0. The van der Waals surface area contributed by atoms with Crippen LogP contribution >= 0.6 is 0 Å². The van der Waals surface area contributed by atoms with Crippen molar-refractivity contribution >= 4 is 5.97 Å². The van der Waals surface area contributed by atoms with Gasteiger partial charge in [0, 0.05) is 25.2 Å². The van der Waals surface area contributed by atoms with Crippen LogP contribution in [0.2, 0.25) is 0 Å². The maximum atomic E-state index is 11.1. The average Bonchev–Trinajstić information content (AvgIpc) is 2.49.